The molecular weight excluding hydrogens is 184 g/mol. The lowest BCUT2D eigenvalue weighted by Gasteiger charge is -2.07. The quantitative estimate of drug-likeness (QED) is 0.498. The van der Waals surface area contributed by atoms with Crippen LogP contribution in [0.4, 0.5) is 0 Å². The molecule has 0 fully saturated rings. The maximum absolute atomic E-state index is 10.2. The van der Waals surface area contributed by atoms with Gasteiger partial charge < -0.3 is 4.79 Å². The van der Waals surface area contributed by atoms with Crippen LogP contribution in [0, 0.1) is 0 Å². The van der Waals surface area contributed by atoms with E-state index in [0.29, 0.717) is 6.42 Å². The molecule has 0 bridgehead atoms. The Balaban J connectivity index is 2.37. The molecule has 0 spiro atoms. The number of carbonyl (C=O) groups is 1. The van der Waals surface area contributed by atoms with Gasteiger partial charge in [0, 0.05) is 6.42 Å². The minimum Gasteiger partial charge on any atom is -0.303 e. The Morgan fingerprint density at radius 2 is 2.07 bits per heavy atom. The average Bonchev–Trinajstić information content (AvgIpc) is 2.27. The van der Waals surface area contributed by atoms with Crippen molar-refractivity contribution in [3.63, 3.8) is 0 Å². The highest BCUT2D eigenvalue weighted by Gasteiger charge is 1.99. The molecule has 0 N–H and O–H groups in total. The van der Waals surface area contributed by atoms with Crippen molar-refractivity contribution in [2.45, 2.75) is 57.8 Å². The summed E-state index contributed by atoms with van der Waals surface area (Å²) >= 11 is 0. The van der Waals surface area contributed by atoms with Gasteiger partial charge in [-0.05, 0) is 38.5 Å². The van der Waals surface area contributed by atoms with Crippen molar-refractivity contribution in [1.29, 1.82) is 0 Å². The van der Waals surface area contributed by atoms with Crippen LogP contribution in [-0.2, 0) is 4.79 Å². The van der Waals surface area contributed by atoms with Crippen molar-refractivity contribution in [2.75, 3.05) is 0 Å². The molecule has 0 aromatic carbocycles. The van der Waals surface area contributed by atoms with E-state index in [0.717, 1.165) is 19.1 Å². The van der Waals surface area contributed by atoms with Crippen molar-refractivity contribution >= 4 is 6.29 Å². The fourth-order valence-electron chi connectivity index (χ4n) is 1.97. The second-order valence-electron chi connectivity index (χ2n) is 4.26. The second kappa shape index (κ2) is 8.46. The summed E-state index contributed by atoms with van der Waals surface area (Å²) in [6.45, 7) is 0. The summed E-state index contributed by atoms with van der Waals surface area (Å²) in [6.07, 6.45) is 18.4. The first-order chi connectivity index (χ1) is 7.43. The van der Waals surface area contributed by atoms with Gasteiger partial charge in [0.15, 0.2) is 0 Å². The van der Waals surface area contributed by atoms with E-state index in [4.69, 9.17) is 0 Å². The molecule has 0 atom stereocenters. The van der Waals surface area contributed by atoms with E-state index in [1.165, 1.54) is 44.1 Å². The molecular formula is C14H22O. The molecule has 84 valence electrons. The monoisotopic (exact) mass is 206 g/mol. The largest absolute Gasteiger partial charge is 0.303 e. The Kier molecular flexibility index (Phi) is 6.89. The molecule has 0 heterocycles. The first kappa shape index (κ1) is 12.2. The highest BCUT2D eigenvalue weighted by Crippen LogP contribution is 2.18. The minimum absolute atomic E-state index is 0.709. The third-order valence-electron chi connectivity index (χ3n) is 2.91. The summed E-state index contributed by atoms with van der Waals surface area (Å²) in [5.41, 5.74) is 1.52. The van der Waals surface area contributed by atoms with Gasteiger partial charge in [-0.25, -0.2) is 0 Å². The Morgan fingerprint density at radius 1 is 1.20 bits per heavy atom. The van der Waals surface area contributed by atoms with Crippen LogP contribution in [0.3, 0.4) is 0 Å². The second-order valence-corrected chi connectivity index (χ2v) is 4.26. The van der Waals surface area contributed by atoms with E-state index in [1.807, 2.05) is 0 Å². The van der Waals surface area contributed by atoms with Gasteiger partial charge in [0.2, 0.25) is 0 Å². The molecule has 0 saturated carbocycles. The molecule has 0 aromatic rings. The van der Waals surface area contributed by atoms with Crippen LogP contribution in [0.5, 0.6) is 0 Å². The van der Waals surface area contributed by atoms with Gasteiger partial charge in [-0.3, -0.25) is 0 Å². The molecule has 0 unspecified atom stereocenters. The first-order valence-corrected chi connectivity index (χ1v) is 6.21. The first-order valence-electron chi connectivity index (χ1n) is 6.21. The maximum atomic E-state index is 10.2. The van der Waals surface area contributed by atoms with Crippen molar-refractivity contribution in [3.8, 4) is 0 Å². The van der Waals surface area contributed by atoms with Gasteiger partial charge in [0.1, 0.15) is 6.29 Å². The predicted molar refractivity (Wildman–Crippen MR) is 64.8 cm³/mol. The van der Waals surface area contributed by atoms with Gasteiger partial charge >= 0.3 is 0 Å². The van der Waals surface area contributed by atoms with Crippen molar-refractivity contribution < 1.29 is 4.79 Å². The number of hydrogen-bond acceptors (Lipinski definition) is 1. The van der Waals surface area contributed by atoms with Gasteiger partial charge in [-0.1, -0.05) is 36.6 Å². The lowest BCUT2D eigenvalue weighted by molar-refractivity contribution is -0.107. The van der Waals surface area contributed by atoms with Gasteiger partial charge in [-0.2, -0.15) is 0 Å². The van der Waals surface area contributed by atoms with E-state index in [-0.39, 0.29) is 0 Å². The zero-order valence-electron chi connectivity index (χ0n) is 9.58. The zero-order chi connectivity index (χ0) is 10.8. The zero-order valence-corrected chi connectivity index (χ0v) is 9.58. The number of allylic oxidation sites excluding steroid dienone is 4. The smallest absolute Gasteiger partial charge is 0.120 e. The molecule has 1 aliphatic carbocycles. The Morgan fingerprint density at radius 3 is 2.93 bits per heavy atom. The summed E-state index contributed by atoms with van der Waals surface area (Å²) in [6, 6.07) is 0. The van der Waals surface area contributed by atoms with Crippen molar-refractivity contribution in [3.05, 3.63) is 23.8 Å². The SMILES string of the molecule is O=CCCCC1=CC=CCCCCCC1. The maximum Gasteiger partial charge on any atom is 0.120 e. The van der Waals surface area contributed by atoms with Gasteiger partial charge in [-0.15, -0.1) is 0 Å². The van der Waals surface area contributed by atoms with Crippen LogP contribution in [-0.4, -0.2) is 6.29 Å². The van der Waals surface area contributed by atoms with Crippen molar-refractivity contribution in [1.82, 2.24) is 0 Å². The highest BCUT2D eigenvalue weighted by molar-refractivity contribution is 5.49. The van der Waals surface area contributed by atoms with E-state index < -0.39 is 0 Å². The molecule has 1 heteroatoms. The molecule has 15 heavy (non-hydrogen) atoms. The highest BCUT2D eigenvalue weighted by atomic mass is 16.1. The number of carbonyl (C=O) groups excluding carboxylic acids is 1. The van der Waals surface area contributed by atoms with Crippen LogP contribution >= 0.6 is 0 Å². The van der Waals surface area contributed by atoms with Gasteiger partial charge in [0.05, 0.1) is 0 Å². The summed E-state index contributed by atoms with van der Waals surface area (Å²) in [5, 5.41) is 0. The molecule has 1 rings (SSSR count). The molecule has 0 aromatic heterocycles. The summed E-state index contributed by atoms with van der Waals surface area (Å²) in [4.78, 5) is 10.2. The van der Waals surface area contributed by atoms with E-state index in [2.05, 4.69) is 18.2 Å². The van der Waals surface area contributed by atoms with Crippen LogP contribution in [0.15, 0.2) is 23.8 Å². The average molecular weight is 206 g/mol. The normalized spacial score (nSPS) is 18.3. The van der Waals surface area contributed by atoms with E-state index in [9.17, 15) is 4.79 Å². The lowest BCUT2D eigenvalue weighted by Crippen LogP contribution is -1.88. The molecule has 0 saturated heterocycles. The minimum atomic E-state index is 0.709. The van der Waals surface area contributed by atoms with Crippen LogP contribution in [0.25, 0.3) is 0 Å². The van der Waals surface area contributed by atoms with Crippen LogP contribution < -0.4 is 0 Å². The molecule has 0 radical (unpaired) electrons. The van der Waals surface area contributed by atoms with Crippen molar-refractivity contribution in [2.24, 2.45) is 0 Å². The number of aldehydes is 1. The fourth-order valence-corrected chi connectivity index (χ4v) is 1.97. The third-order valence-corrected chi connectivity index (χ3v) is 2.91. The lowest BCUT2D eigenvalue weighted by atomic mass is 9.99. The summed E-state index contributed by atoms with van der Waals surface area (Å²) in [5.74, 6) is 0. The Hall–Kier alpha value is -0.850. The number of unbranched alkanes of at least 4 members (excludes halogenated alkanes) is 1. The molecule has 0 aliphatic heterocycles. The van der Waals surface area contributed by atoms with E-state index >= 15 is 0 Å². The predicted octanol–water partition coefficient (Wildman–Crippen LogP) is 4.19. The topological polar surface area (TPSA) is 17.1 Å². The summed E-state index contributed by atoms with van der Waals surface area (Å²) in [7, 11) is 0. The van der Waals surface area contributed by atoms with Crippen LogP contribution in [0.2, 0.25) is 0 Å². The Bertz CT molecular complexity index is 225. The van der Waals surface area contributed by atoms with Crippen LogP contribution in [0.1, 0.15) is 57.8 Å². The fraction of sp³-hybridized carbons (Fsp3) is 0.643. The van der Waals surface area contributed by atoms with Gasteiger partial charge in [0.25, 0.3) is 0 Å². The molecule has 1 nitrogen and oxygen atoms in total. The standard InChI is InChI=1S/C14H22O/c15-13-9-8-12-14-10-6-4-2-1-3-5-7-11-14/h4,6,10,13H,1-3,5,7-9,11-12H2. The molecule has 1 aliphatic rings. The number of rotatable bonds is 4. The Labute approximate surface area is 93.3 Å². The third kappa shape index (κ3) is 6.27. The summed E-state index contributed by atoms with van der Waals surface area (Å²) < 4.78 is 0. The molecule has 0 amide bonds. The van der Waals surface area contributed by atoms with E-state index in [1.54, 1.807) is 0 Å². The number of hydrogen-bond donors (Lipinski definition) is 0.